The van der Waals surface area contributed by atoms with Crippen LogP contribution in [-0.2, 0) is 20.9 Å². The minimum atomic E-state index is -1.82. The second kappa shape index (κ2) is 13.6. The molecule has 0 radical (unpaired) electrons. The van der Waals surface area contributed by atoms with E-state index in [0.29, 0.717) is 24.4 Å². The van der Waals surface area contributed by atoms with Crippen molar-refractivity contribution in [3.05, 3.63) is 59.7 Å². The molecule has 0 saturated heterocycles. The minimum Gasteiger partial charge on any atom is -0.497 e. The molecule has 2 aromatic rings. The third-order valence-electron chi connectivity index (χ3n) is 3.72. The van der Waals surface area contributed by atoms with Gasteiger partial charge < -0.3 is 34.8 Å². The number of aliphatic hydroxyl groups excluding tert-OH is 1. The average molecular weight is 435 g/mol. The maximum absolute atomic E-state index is 11.5. The average Bonchev–Trinajstić information content (AvgIpc) is 2.77. The number of benzene rings is 2. The molecule has 168 valence electrons. The molecule has 31 heavy (non-hydrogen) atoms. The summed E-state index contributed by atoms with van der Waals surface area (Å²) >= 11 is 0. The molecule has 10 heteroatoms. The topological polar surface area (TPSA) is 152 Å². The molecule has 0 aromatic heterocycles. The zero-order valence-electron chi connectivity index (χ0n) is 17.1. The van der Waals surface area contributed by atoms with E-state index in [0.717, 1.165) is 11.3 Å². The van der Waals surface area contributed by atoms with Crippen molar-refractivity contribution >= 4 is 17.9 Å². The van der Waals surface area contributed by atoms with Crippen LogP contribution in [0.1, 0.15) is 15.9 Å². The maximum atomic E-state index is 11.5. The van der Waals surface area contributed by atoms with E-state index < -0.39 is 24.0 Å². The molecular formula is C21H25NO9. The van der Waals surface area contributed by atoms with Crippen LogP contribution in [0.2, 0.25) is 0 Å². The summed E-state index contributed by atoms with van der Waals surface area (Å²) in [6.07, 6.45) is -0.674. The van der Waals surface area contributed by atoms with Crippen molar-refractivity contribution in [2.45, 2.75) is 12.6 Å². The summed E-state index contributed by atoms with van der Waals surface area (Å²) in [4.78, 5) is 29.7. The molecule has 0 aliphatic heterocycles. The highest BCUT2D eigenvalue weighted by Gasteiger charge is 2.09. The molecule has 0 aliphatic carbocycles. The summed E-state index contributed by atoms with van der Waals surface area (Å²) in [5, 5.41) is 28.0. The Bertz CT molecular complexity index is 857. The number of aliphatic hydroxyl groups is 1. The second-order valence-corrected chi connectivity index (χ2v) is 6.08. The lowest BCUT2D eigenvalue weighted by molar-refractivity contribution is -0.159. The van der Waals surface area contributed by atoms with Crippen LogP contribution in [-0.4, -0.2) is 66.7 Å². The van der Waals surface area contributed by atoms with Gasteiger partial charge in [-0.05, 0) is 35.9 Å². The Morgan fingerprint density at radius 3 is 2.23 bits per heavy atom. The number of ether oxygens (including phenoxy) is 3. The van der Waals surface area contributed by atoms with E-state index in [2.05, 4.69) is 10.1 Å². The van der Waals surface area contributed by atoms with Crippen LogP contribution in [0.15, 0.2) is 48.5 Å². The Morgan fingerprint density at radius 2 is 1.61 bits per heavy atom. The first-order valence-corrected chi connectivity index (χ1v) is 9.06. The first-order chi connectivity index (χ1) is 14.8. The van der Waals surface area contributed by atoms with Crippen LogP contribution in [0.4, 0.5) is 0 Å². The Hall–Kier alpha value is -3.63. The van der Waals surface area contributed by atoms with Crippen molar-refractivity contribution in [3.8, 4) is 11.5 Å². The second-order valence-electron chi connectivity index (χ2n) is 6.08. The van der Waals surface area contributed by atoms with Gasteiger partial charge in [-0.15, -0.1) is 0 Å². The Labute approximate surface area is 179 Å². The van der Waals surface area contributed by atoms with Crippen molar-refractivity contribution in [3.63, 3.8) is 0 Å². The maximum Gasteiger partial charge on any atom is 0.414 e. The van der Waals surface area contributed by atoms with Crippen molar-refractivity contribution in [1.29, 1.82) is 0 Å². The van der Waals surface area contributed by atoms with Gasteiger partial charge in [0.1, 0.15) is 24.2 Å². The Kier molecular flexibility index (Phi) is 11.1. The van der Waals surface area contributed by atoms with E-state index >= 15 is 0 Å². The lowest BCUT2D eigenvalue weighted by atomic mass is 10.2. The predicted molar refractivity (Wildman–Crippen MR) is 109 cm³/mol. The molecule has 1 atom stereocenters. The van der Waals surface area contributed by atoms with Gasteiger partial charge in [0.2, 0.25) is 0 Å². The number of aliphatic carboxylic acids is 2. The van der Waals surface area contributed by atoms with Gasteiger partial charge in [-0.25, -0.2) is 14.4 Å². The molecule has 0 fully saturated rings. The highest BCUT2D eigenvalue weighted by atomic mass is 16.5. The predicted octanol–water partition coefficient (Wildman–Crippen LogP) is 1.17. The number of carbonyl (C=O) groups excluding carboxylic acids is 1. The van der Waals surface area contributed by atoms with Gasteiger partial charge in [0.15, 0.2) is 0 Å². The van der Waals surface area contributed by atoms with E-state index in [1.165, 1.54) is 7.11 Å². The number of carboxylic acids is 2. The Balaban J connectivity index is 0.000000703. The standard InChI is InChI=1S/C19H23NO5.C2H2O4/c1-23-17-7-3-5-14(9-17)11-20-12-16(21)13-25-18-8-4-6-15(10-18)19(22)24-2;3-1(4)2(5)6/h3-10,16,20-21H,11-13H2,1-2H3;(H,3,4)(H,5,6). The van der Waals surface area contributed by atoms with Gasteiger partial charge in [-0.1, -0.05) is 18.2 Å². The van der Waals surface area contributed by atoms with E-state index in [1.54, 1.807) is 31.4 Å². The van der Waals surface area contributed by atoms with Gasteiger partial charge in [-0.2, -0.15) is 0 Å². The zero-order valence-corrected chi connectivity index (χ0v) is 17.1. The fourth-order valence-electron chi connectivity index (χ4n) is 2.25. The van der Waals surface area contributed by atoms with E-state index in [-0.39, 0.29) is 6.61 Å². The summed E-state index contributed by atoms with van der Waals surface area (Å²) in [6.45, 7) is 1.12. The van der Waals surface area contributed by atoms with Gasteiger partial charge >= 0.3 is 17.9 Å². The fourth-order valence-corrected chi connectivity index (χ4v) is 2.25. The summed E-state index contributed by atoms with van der Waals surface area (Å²) in [5.41, 5.74) is 1.48. The highest BCUT2D eigenvalue weighted by Crippen LogP contribution is 2.14. The normalized spacial score (nSPS) is 10.8. The fraction of sp³-hybridized carbons (Fsp3) is 0.286. The highest BCUT2D eigenvalue weighted by molar-refractivity contribution is 6.27. The van der Waals surface area contributed by atoms with E-state index in [1.807, 2.05) is 24.3 Å². The van der Waals surface area contributed by atoms with Crippen molar-refractivity contribution < 1.29 is 43.9 Å². The third kappa shape index (κ3) is 10.1. The molecule has 4 N–H and O–H groups in total. The number of carboxylic acid groups (broad SMARTS) is 2. The first-order valence-electron chi connectivity index (χ1n) is 9.06. The molecule has 0 aliphatic rings. The molecule has 0 amide bonds. The third-order valence-corrected chi connectivity index (χ3v) is 3.72. The zero-order chi connectivity index (χ0) is 23.2. The molecule has 2 aromatic carbocycles. The van der Waals surface area contributed by atoms with Gasteiger partial charge in [0.05, 0.1) is 19.8 Å². The molecule has 0 bridgehead atoms. The van der Waals surface area contributed by atoms with Crippen molar-refractivity contribution in [2.24, 2.45) is 0 Å². The van der Waals surface area contributed by atoms with Crippen LogP contribution in [0.3, 0.4) is 0 Å². The van der Waals surface area contributed by atoms with Crippen LogP contribution >= 0.6 is 0 Å². The van der Waals surface area contributed by atoms with Crippen LogP contribution < -0.4 is 14.8 Å². The summed E-state index contributed by atoms with van der Waals surface area (Å²) in [7, 11) is 2.95. The summed E-state index contributed by atoms with van der Waals surface area (Å²) in [6, 6.07) is 14.4. The monoisotopic (exact) mass is 435 g/mol. The number of methoxy groups -OCH3 is 2. The molecule has 10 nitrogen and oxygen atoms in total. The van der Waals surface area contributed by atoms with E-state index in [9.17, 15) is 9.90 Å². The molecule has 1 unspecified atom stereocenters. The Morgan fingerprint density at radius 1 is 0.968 bits per heavy atom. The minimum absolute atomic E-state index is 0.121. The molecule has 2 rings (SSSR count). The SMILES string of the molecule is COC(=O)c1cccc(OCC(O)CNCc2cccc(OC)c2)c1.O=C(O)C(=O)O. The number of nitrogens with one attached hydrogen (secondary N) is 1. The molecule has 0 spiro atoms. The van der Waals surface area contributed by atoms with Crippen LogP contribution in [0.5, 0.6) is 11.5 Å². The van der Waals surface area contributed by atoms with Gasteiger partial charge in [0, 0.05) is 13.1 Å². The molecule has 0 heterocycles. The summed E-state index contributed by atoms with van der Waals surface area (Å²) < 4.78 is 15.4. The van der Waals surface area contributed by atoms with Crippen molar-refractivity contribution in [1.82, 2.24) is 5.32 Å². The number of hydrogen-bond donors (Lipinski definition) is 4. The number of hydrogen-bond acceptors (Lipinski definition) is 8. The molecular weight excluding hydrogens is 410 g/mol. The lowest BCUT2D eigenvalue weighted by Gasteiger charge is -2.14. The number of esters is 1. The largest absolute Gasteiger partial charge is 0.497 e. The van der Waals surface area contributed by atoms with Crippen LogP contribution in [0.25, 0.3) is 0 Å². The van der Waals surface area contributed by atoms with Gasteiger partial charge in [0.25, 0.3) is 0 Å². The van der Waals surface area contributed by atoms with Crippen molar-refractivity contribution in [2.75, 3.05) is 27.4 Å². The quantitative estimate of drug-likeness (QED) is 0.334. The smallest absolute Gasteiger partial charge is 0.414 e. The first kappa shape index (κ1) is 25.4. The van der Waals surface area contributed by atoms with Crippen LogP contribution in [0, 0.1) is 0 Å². The molecule has 0 saturated carbocycles. The summed E-state index contributed by atoms with van der Waals surface area (Å²) in [5.74, 6) is -2.76. The lowest BCUT2D eigenvalue weighted by Crippen LogP contribution is -2.31. The number of rotatable bonds is 9. The number of carbonyl (C=O) groups is 3. The van der Waals surface area contributed by atoms with E-state index in [4.69, 9.17) is 29.3 Å². The van der Waals surface area contributed by atoms with Gasteiger partial charge in [-0.3, -0.25) is 0 Å².